The van der Waals surface area contributed by atoms with Crippen molar-refractivity contribution >= 4 is 0 Å². The molecule has 136 valence electrons. The molecule has 25 heavy (non-hydrogen) atoms. The van der Waals surface area contributed by atoms with Crippen molar-refractivity contribution in [3.8, 4) is 12.3 Å². The van der Waals surface area contributed by atoms with Gasteiger partial charge in [-0.3, -0.25) is 0 Å². The van der Waals surface area contributed by atoms with Gasteiger partial charge < -0.3 is 9.84 Å². The number of rotatable bonds is 3. The second-order valence-corrected chi connectivity index (χ2v) is 8.65. The third kappa shape index (κ3) is 2.35. The third-order valence-electron chi connectivity index (χ3n) is 8.14. The van der Waals surface area contributed by atoms with E-state index in [9.17, 15) is 5.11 Å². The molecule has 0 radical (unpaired) electrons. The summed E-state index contributed by atoms with van der Waals surface area (Å²) in [6.07, 6.45) is 19.3. The maximum atomic E-state index is 11.2. The highest BCUT2D eigenvalue weighted by Gasteiger charge is 2.63. The summed E-state index contributed by atoms with van der Waals surface area (Å²) in [7, 11) is 0. The first kappa shape index (κ1) is 17.2. The first-order valence-corrected chi connectivity index (χ1v) is 10.3. The number of aliphatic hydroxyl groups is 1. The Hall–Kier alpha value is -1.20. The van der Waals surface area contributed by atoms with E-state index in [-0.39, 0.29) is 5.41 Å². The second-order valence-electron chi connectivity index (χ2n) is 8.65. The van der Waals surface area contributed by atoms with E-state index >= 15 is 0 Å². The minimum atomic E-state index is -0.879. The average Bonchev–Trinajstić information content (AvgIpc) is 2.95. The lowest BCUT2D eigenvalue weighted by Crippen LogP contribution is -2.53. The van der Waals surface area contributed by atoms with E-state index in [1.54, 1.807) is 0 Å². The van der Waals surface area contributed by atoms with Crippen LogP contribution in [0, 0.1) is 41.4 Å². The van der Waals surface area contributed by atoms with Crippen molar-refractivity contribution in [1.82, 2.24) is 0 Å². The molecule has 2 heteroatoms. The normalized spacial score (nSPS) is 45.4. The monoisotopic (exact) mass is 340 g/mol. The zero-order valence-corrected chi connectivity index (χ0v) is 15.8. The first-order valence-electron chi connectivity index (χ1n) is 10.3. The van der Waals surface area contributed by atoms with Crippen LogP contribution < -0.4 is 0 Å². The maximum absolute atomic E-state index is 11.2. The Morgan fingerprint density at radius 1 is 1.24 bits per heavy atom. The molecular weight excluding hydrogens is 308 g/mol. The second kappa shape index (κ2) is 6.20. The lowest BCUT2D eigenvalue weighted by atomic mass is 9.50. The Kier molecular flexibility index (Phi) is 4.27. The summed E-state index contributed by atoms with van der Waals surface area (Å²) in [5, 5.41) is 11.2. The van der Waals surface area contributed by atoms with Crippen molar-refractivity contribution < 1.29 is 9.84 Å². The van der Waals surface area contributed by atoms with Crippen molar-refractivity contribution in [1.29, 1.82) is 0 Å². The highest BCUT2D eigenvalue weighted by atomic mass is 16.5. The van der Waals surface area contributed by atoms with Crippen molar-refractivity contribution in [2.75, 3.05) is 6.61 Å². The van der Waals surface area contributed by atoms with Gasteiger partial charge in [-0.05, 0) is 87.2 Å². The number of hydrogen-bond acceptors (Lipinski definition) is 2. The minimum Gasteiger partial charge on any atom is -0.498 e. The van der Waals surface area contributed by atoms with Gasteiger partial charge in [-0.1, -0.05) is 18.9 Å². The van der Waals surface area contributed by atoms with Crippen LogP contribution in [0.3, 0.4) is 0 Å². The molecule has 0 aromatic carbocycles. The molecule has 2 nitrogen and oxygen atoms in total. The van der Waals surface area contributed by atoms with Crippen LogP contribution in [0.2, 0.25) is 0 Å². The zero-order chi connectivity index (χ0) is 17.7. The molecule has 0 amide bonds. The fourth-order valence-corrected chi connectivity index (χ4v) is 7.01. The average molecular weight is 341 g/mol. The van der Waals surface area contributed by atoms with E-state index < -0.39 is 5.60 Å². The Labute approximate surface area is 152 Å². The Morgan fingerprint density at radius 3 is 2.80 bits per heavy atom. The van der Waals surface area contributed by atoms with Crippen LogP contribution in [0.5, 0.6) is 0 Å². The van der Waals surface area contributed by atoms with E-state index in [4.69, 9.17) is 11.2 Å². The fourth-order valence-electron chi connectivity index (χ4n) is 7.01. The van der Waals surface area contributed by atoms with Gasteiger partial charge in [-0.2, -0.15) is 0 Å². The standard InChI is InChI=1S/C23H32O2/c1-4-22-13-11-19-18-10-8-17(25-6-3)15-16(18)7-9-20(19)21(22)12-14-23(22,24)5-2/h2,7,15,18-21,24H,4,6,8-14H2,1,3H3. The van der Waals surface area contributed by atoms with Gasteiger partial charge >= 0.3 is 0 Å². The molecule has 0 heterocycles. The first-order chi connectivity index (χ1) is 12.1. The highest BCUT2D eigenvalue weighted by Crippen LogP contribution is 2.65. The molecule has 2 fully saturated rings. The van der Waals surface area contributed by atoms with E-state index in [0.29, 0.717) is 17.8 Å². The topological polar surface area (TPSA) is 29.5 Å². The van der Waals surface area contributed by atoms with Gasteiger partial charge in [0.15, 0.2) is 0 Å². The van der Waals surface area contributed by atoms with Gasteiger partial charge in [0.05, 0.1) is 12.4 Å². The summed E-state index contributed by atoms with van der Waals surface area (Å²) in [5.74, 6) is 6.74. The van der Waals surface area contributed by atoms with Crippen molar-refractivity contribution in [2.45, 2.75) is 70.8 Å². The van der Waals surface area contributed by atoms with Gasteiger partial charge in [0, 0.05) is 11.8 Å². The molecule has 4 aliphatic carbocycles. The van der Waals surface area contributed by atoms with Gasteiger partial charge in [0.25, 0.3) is 0 Å². The van der Waals surface area contributed by atoms with Crippen molar-refractivity contribution in [2.24, 2.45) is 29.1 Å². The third-order valence-corrected chi connectivity index (χ3v) is 8.14. The van der Waals surface area contributed by atoms with Crippen LogP contribution >= 0.6 is 0 Å². The Morgan fingerprint density at radius 2 is 2.08 bits per heavy atom. The molecule has 6 unspecified atom stereocenters. The van der Waals surface area contributed by atoms with E-state index in [0.717, 1.165) is 51.0 Å². The van der Waals surface area contributed by atoms with E-state index in [2.05, 4.69) is 31.9 Å². The molecular formula is C23H32O2. The van der Waals surface area contributed by atoms with E-state index in [1.165, 1.54) is 24.2 Å². The summed E-state index contributed by atoms with van der Waals surface area (Å²) in [6, 6.07) is 0. The highest BCUT2D eigenvalue weighted by molar-refractivity contribution is 5.33. The molecule has 0 aliphatic heterocycles. The van der Waals surface area contributed by atoms with Crippen LogP contribution in [0.4, 0.5) is 0 Å². The van der Waals surface area contributed by atoms with Gasteiger partial charge in [0.1, 0.15) is 5.60 Å². The molecule has 0 aromatic heterocycles. The summed E-state index contributed by atoms with van der Waals surface area (Å²) in [4.78, 5) is 0. The van der Waals surface area contributed by atoms with Crippen LogP contribution in [-0.4, -0.2) is 17.3 Å². The van der Waals surface area contributed by atoms with Crippen molar-refractivity contribution in [3.63, 3.8) is 0 Å². The molecule has 0 bridgehead atoms. The predicted molar refractivity (Wildman–Crippen MR) is 101 cm³/mol. The Bertz CT molecular complexity index is 639. The maximum Gasteiger partial charge on any atom is 0.131 e. The lowest BCUT2D eigenvalue weighted by Gasteiger charge is -2.55. The molecule has 0 spiro atoms. The largest absolute Gasteiger partial charge is 0.498 e. The van der Waals surface area contributed by atoms with Gasteiger partial charge in [-0.25, -0.2) is 0 Å². The van der Waals surface area contributed by atoms with Crippen LogP contribution in [0.15, 0.2) is 23.5 Å². The molecule has 4 rings (SSSR count). The fraction of sp³-hybridized carbons (Fsp3) is 0.739. The number of allylic oxidation sites excluding steroid dienone is 4. The number of terminal acetylenes is 1. The summed E-state index contributed by atoms with van der Waals surface area (Å²) < 4.78 is 5.78. The number of hydrogen-bond donors (Lipinski definition) is 1. The molecule has 0 aromatic rings. The minimum absolute atomic E-state index is 0.0464. The lowest BCUT2D eigenvalue weighted by molar-refractivity contribution is -0.0945. The molecule has 1 N–H and O–H groups in total. The summed E-state index contributed by atoms with van der Waals surface area (Å²) >= 11 is 0. The van der Waals surface area contributed by atoms with Gasteiger partial charge in [0.2, 0.25) is 0 Å². The molecule has 4 aliphatic rings. The van der Waals surface area contributed by atoms with Crippen LogP contribution in [0.1, 0.15) is 65.2 Å². The molecule has 6 atom stereocenters. The quantitative estimate of drug-likeness (QED) is 0.745. The van der Waals surface area contributed by atoms with Crippen molar-refractivity contribution in [3.05, 3.63) is 23.5 Å². The molecule has 2 saturated carbocycles. The summed E-state index contributed by atoms with van der Waals surface area (Å²) in [5.41, 5.74) is 0.593. The van der Waals surface area contributed by atoms with E-state index in [1.807, 2.05) is 0 Å². The summed E-state index contributed by atoms with van der Waals surface area (Å²) in [6.45, 7) is 5.07. The number of fused-ring (bicyclic) bond motifs is 5. The van der Waals surface area contributed by atoms with Crippen LogP contribution in [0.25, 0.3) is 0 Å². The SMILES string of the molecule is C#CC1(O)CCC2C3CC=C4C=C(OCC)CCC4C3CCC21CC. The smallest absolute Gasteiger partial charge is 0.131 e. The van der Waals surface area contributed by atoms with Crippen LogP contribution in [-0.2, 0) is 4.74 Å². The zero-order valence-electron chi connectivity index (χ0n) is 15.8. The Balaban J connectivity index is 1.64. The molecule has 0 saturated heterocycles. The number of ether oxygens (including phenoxy) is 1. The van der Waals surface area contributed by atoms with Gasteiger partial charge in [-0.15, -0.1) is 6.42 Å². The predicted octanol–water partition coefficient (Wildman–Crippen LogP) is 4.84.